The first-order chi connectivity index (χ1) is 8.33. The smallest absolute Gasteiger partial charge is 0.0413 e. The monoisotopic (exact) mass is 300 g/mol. The van der Waals surface area contributed by atoms with E-state index in [1.54, 1.807) is 0 Å². The van der Waals surface area contributed by atoms with Gasteiger partial charge >= 0.3 is 0 Å². The summed E-state index contributed by atoms with van der Waals surface area (Å²) in [7, 11) is 0. The maximum atomic E-state index is 6.08. The third-order valence-electron chi connectivity index (χ3n) is 3.46. The third kappa shape index (κ3) is 3.00. The molecule has 2 heterocycles. The molecule has 0 atom stereocenters. The molecule has 0 radical (unpaired) electrons. The Bertz CT molecular complexity index is 517. The van der Waals surface area contributed by atoms with Gasteiger partial charge in [0, 0.05) is 16.3 Å². The van der Waals surface area contributed by atoms with Crippen molar-refractivity contribution in [2.24, 2.45) is 0 Å². The van der Waals surface area contributed by atoms with Crippen molar-refractivity contribution in [3.8, 4) is 0 Å². The molecule has 1 aromatic carbocycles. The Morgan fingerprint density at radius 3 is 2.72 bits per heavy atom. The Kier molecular flexibility index (Phi) is 4.91. The summed E-state index contributed by atoms with van der Waals surface area (Å²) in [5, 5.41) is 4.47. The van der Waals surface area contributed by atoms with Crippen LogP contribution in [0.1, 0.15) is 24.8 Å². The van der Waals surface area contributed by atoms with Crippen molar-refractivity contribution < 1.29 is 12.4 Å². The molecule has 18 heavy (non-hydrogen) atoms. The van der Waals surface area contributed by atoms with Crippen LogP contribution in [0.25, 0.3) is 10.1 Å². The van der Waals surface area contributed by atoms with Crippen molar-refractivity contribution in [2.45, 2.75) is 25.8 Å². The molecule has 0 unspecified atom stereocenters. The largest absolute Gasteiger partial charge is 1.00 e. The summed E-state index contributed by atoms with van der Waals surface area (Å²) in [6, 6.07) is 6.21. The second-order valence-electron chi connectivity index (χ2n) is 4.74. The zero-order chi connectivity index (χ0) is 11.7. The van der Waals surface area contributed by atoms with Gasteiger partial charge in [-0.05, 0) is 60.5 Å². The Morgan fingerprint density at radius 2 is 1.94 bits per heavy atom. The van der Waals surface area contributed by atoms with E-state index in [1.807, 2.05) is 17.4 Å². The molecule has 0 bridgehead atoms. The van der Waals surface area contributed by atoms with Gasteiger partial charge in [0.1, 0.15) is 0 Å². The predicted octanol–water partition coefficient (Wildman–Crippen LogP) is 1.54. The van der Waals surface area contributed by atoms with E-state index < -0.39 is 0 Å². The van der Waals surface area contributed by atoms with E-state index in [9.17, 15) is 0 Å². The summed E-state index contributed by atoms with van der Waals surface area (Å²) < 4.78 is 1.35. The van der Waals surface area contributed by atoms with Crippen LogP contribution in [0.4, 0.5) is 0 Å². The van der Waals surface area contributed by atoms with Crippen molar-refractivity contribution in [2.75, 3.05) is 13.1 Å². The molecule has 1 saturated heterocycles. The molecule has 0 spiro atoms. The van der Waals surface area contributed by atoms with E-state index >= 15 is 0 Å². The number of fused-ring (bicyclic) bond motifs is 1. The lowest BCUT2D eigenvalue weighted by molar-refractivity contribution is -0.00000324. The van der Waals surface area contributed by atoms with Gasteiger partial charge in [-0.2, -0.15) is 0 Å². The highest BCUT2D eigenvalue weighted by Crippen LogP contribution is 2.29. The van der Waals surface area contributed by atoms with Crippen LogP contribution < -0.4 is 12.4 Å². The van der Waals surface area contributed by atoms with Gasteiger partial charge in [0.2, 0.25) is 0 Å². The molecule has 98 valence electrons. The summed E-state index contributed by atoms with van der Waals surface area (Å²) in [5.41, 5.74) is 1.44. The van der Waals surface area contributed by atoms with Crippen LogP contribution >= 0.6 is 22.9 Å². The van der Waals surface area contributed by atoms with E-state index in [1.165, 1.54) is 48.0 Å². The summed E-state index contributed by atoms with van der Waals surface area (Å²) in [6.07, 6.45) is 4.10. The van der Waals surface area contributed by atoms with E-state index in [0.717, 1.165) is 11.6 Å². The van der Waals surface area contributed by atoms with Crippen molar-refractivity contribution in [1.82, 2.24) is 4.90 Å². The molecular formula is C14H16Cl2NS-. The molecular weight excluding hydrogens is 285 g/mol. The fourth-order valence-electron chi connectivity index (χ4n) is 2.53. The van der Waals surface area contributed by atoms with E-state index in [4.69, 9.17) is 11.6 Å². The molecule has 1 nitrogen and oxygen atoms in total. The minimum absolute atomic E-state index is 0. The van der Waals surface area contributed by atoms with Gasteiger partial charge < -0.3 is 12.4 Å². The summed E-state index contributed by atoms with van der Waals surface area (Å²) in [6.45, 7) is 3.58. The molecule has 1 aliphatic heterocycles. The molecule has 1 aromatic heterocycles. The minimum atomic E-state index is 0. The maximum absolute atomic E-state index is 6.08. The van der Waals surface area contributed by atoms with Crippen LogP contribution in [0.5, 0.6) is 0 Å². The number of halogens is 2. The van der Waals surface area contributed by atoms with Crippen LogP contribution in [0.3, 0.4) is 0 Å². The van der Waals surface area contributed by atoms with Gasteiger partial charge in [-0.25, -0.2) is 0 Å². The summed E-state index contributed by atoms with van der Waals surface area (Å²) >= 11 is 7.91. The third-order valence-corrected chi connectivity index (χ3v) is 4.71. The van der Waals surface area contributed by atoms with Gasteiger partial charge in [0.05, 0.1) is 0 Å². The SMILES string of the molecule is Clc1ccc2scc(CN3CCCCC3)c2c1.[Cl-]. The highest BCUT2D eigenvalue weighted by Gasteiger charge is 2.13. The zero-order valence-electron chi connectivity index (χ0n) is 10.2. The zero-order valence-corrected chi connectivity index (χ0v) is 12.5. The molecule has 0 saturated carbocycles. The van der Waals surface area contributed by atoms with Gasteiger partial charge in [0.25, 0.3) is 0 Å². The fourth-order valence-corrected chi connectivity index (χ4v) is 3.64. The lowest BCUT2D eigenvalue weighted by Crippen LogP contribution is -3.00. The van der Waals surface area contributed by atoms with Crippen LogP contribution in [0.2, 0.25) is 5.02 Å². The van der Waals surface area contributed by atoms with Crippen molar-refractivity contribution in [3.63, 3.8) is 0 Å². The maximum Gasteiger partial charge on any atom is 0.0413 e. The van der Waals surface area contributed by atoms with Crippen LogP contribution in [-0.2, 0) is 6.54 Å². The van der Waals surface area contributed by atoms with Crippen molar-refractivity contribution in [3.05, 3.63) is 34.2 Å². The van der Waals surface area contributed by atoms with Crippen LogP contribution in [0, 0.1) is 0 Å². The summed E-state index contributed by atoms with van der Waals surface area (Å²) in [4.78, 5) is 2.56. The number of hydrogen-bond acceptors (Lipinski definition) is 2. The molecule has 2 aromatic rings. The number of thiophene rings is 1. The van der Waals surface area contributed by atoms with Gasteiger partial charge in [-0.15, -0.1) is 11.3 Å². The minimum Gasteiger partial charge on any atom is -1.00 e. The molecule has 0 aliphatic carbocycles. The van der Waals surface area contributed by atoms with E-state index in [-0.39, 0.29) is 12.4 Å². The van der Waals surface area contributed by atoms with Gasteiger partial charge in [-0.3, -0.25) is 4.90 Å². The second-order valence-corrected chi connectivity index (χ2v) is 6.09. The first-order valence-electron chi connectivity index (χ1n) is 6.21. The van der Waals surface area contributed by atoms with Gasteiger partial charge in [0.15, 0.2) is 0 Å². The number of nitrogens with zero attached hydrogens (tertiary/aromatic N) is 1. The van der Waals surface area contributed by atoms with Crippen molar-refractivity contribution in [1.29, 1.82) is 0 Å². The molecule has 0 amide bonds. The highest BCUT2D eigenvalue weighted by molar-refractivity contribution is 7.17. The highest BCUT2D eigenvalue weighted by atomic mass is 35.5. The Hall–Kier alpha value is -0.280. The normalized spacial score (nSPS) is 16.7. The molecule has 4 heteroatoms. The predicted molar refractivity (Wildman–Crippen MR) is 76.0 cm³/mol. The van der Waals surface area contributed by atoms with E-state index in [2.05, 4.69) is 22.4 Å². The number of rotatable bonds is 2. The average molecular weight is 301 g/mol. The Labute approximate surface area is 123 Å². The summed E-state index contributed by atoms with van der Waals surface area (Å²) in [5.74, 6) is 0. The first-order valence-corrected chi connectivity index (χ1v) is 7.47. The number of piperidine rings is 1. The molecule has 0 N–H and O–H groups in total. The number of hydrogen-bond donors (Lipinski definition) is 0. The number of benzene rings is 1. The van der Waals surface area contributed by atoms with Crippen LogP contribution in [-0.4, -0.2) is 18.0 Å². The lowest BCUT2D eigenvalue weighted by atomic mass is 10.1. The lowest BCUT2D eigenvalue weighted by Gasteiger charge is -2.26. The quantitative estimate of drug-likeness (QED) is 0.813. The average Bonchev–Trinajstić information content (AvgIpc) is 2.73. The second kappa shape index (κ2) is 6.25. The van der Waals surface area contributed by atoms with Gasteiger partial charge in [-0.1, -0.05) is 18.0 Å². The van der Waals surface area contributed by atoms with Crippen LogP contribution in [0.15, 0.2) is 23.6 Å². The Morgan fingerprint density at radius 1 is 1.17 bits per heavy atom. The first kappa shape index (κ1) is 14.1. The fraction of sp³-hybridized carbons (Fsp3) is 0.429. The standard InChI is InChI=1S/C14H16ClNS.ClH/c15-12-4-5-14-13(8-12)11(10-17-14)9-16-6-2-1-3-7-16;/h4-5,8,10H,1-3,6-7,9H2;1H/p-1. The van der Waals surface area contributed by atoms with Crippen molar-refractivity contribution >= 4 is 33.0 Å². The molecule has 3 rings (SSSR count). The molecule has 1 aliphatic rings. The topological polar surface area (TPSA) is 3.24 Å². The Balaban J connectivity index is 0.00000120. The van der Waals surface area contributed by atoms with E-state index in [0.29, 0.717) is 0 Å². The molecule has 1 fully saturated rings. The number of likely N-dealkylation sites (tertiary alicyclic amines) is 1.